The number of methoxy groups -OCH3 is 2. The summed E-state index contributed by atoms with van der Waals surface area (Å²) in [5.74, 6) is 0.981. The first-order chi connectivity index (χ1) is 9.69. The van der Waals surface area contributed by atoms with Crippen LogP contribution in [0.5, 0.6) is 11.9 Å². The van der Waals surface area contributed by atoms with E-state index in [0.29, 0.717) is 11.8 Å². The summed E-state index contributed by atoms with van der Waals surface area (Å²) in [4.78, 5) is 8.25. The van der Waals surface area contributed by atoms with Crippen molar-refractivity contribution in [2.75, 3.05) is 14.2 Å². The molecule has 20 heavy (non-hydrogen) atoms. The summed E-state index contributed by atoms with van der Waals surface area (Å²) in [6.45, 7) is 4.36. The van der Waals surface area contributed by atoms with Crippen LogP contribution in [0.1, 0.15) is 32.3 Å². The van der Waals surface area contributed by atoms with E-state index in [2.05, 4.69) is 40.1 Å². The van der Waals surface area contributed by atoms with Gasteiger partial charge < -0.3 is 9.47 Å². The topological polar surface area (TPSA) is 69.0 Å². The minimum atomic E-state index is 0.258. The van der Waals surface area contributed by atoms with Gasteiger partial charge in [0.05, 0.1) is 31.5 Å². The van der Waals surface area contributed by atoms with E-state index in [1.807, 2.05) is 0 Å². The number of rotatable bonds is 5. The van der Waals surface area contributed by atoms with Crippen LogP contribution in [-0.2, 0) is 0 Å². The lowest BCUT2D eigenvalue weighted by Crippen LogP contribution is -2.15. The van der Waals surface area contributed by atoms with Crippen molar-refractivity contribution in [2.24, 2.45) is 16.1 Å². The standard InChI is InChI=1S/C14H20N4O2/c1-5-9(2)11-6-7-12(18-17-11)10-8-15-14(20-4)16-13(10)19-3/h7-9,11H,5-6H2,1-4H3. The van der Waals surface area contributed by atoms with E-state index in [0.717, 1.165) is 24.1 Å². The smallest absolute Gasteiger partial charge is 0.319 e. The normalized spacial score (nSPS) is 19.4. The van der Waals surface area contributed by atoms with E-state index in [-0.39, 0.29) is 12.1 Å². The van der Waals surface area contributed by atoms with E-state index >= 15 is 0 Å². The number of nitrogens with zero attached hydrogens (tertiary/aromatic N) is 4. The van der Waals surface area contributed by atoms with Gasteiger partial charge in [-0.05, 0) is 12.3 Å². The number of hydrogen-bond acceptors (Lipinski definition) is 6. The molecule has 1 aliphatic rings. The lowest BCUT2D eigenvalue weighted by atomic mass is 9.95. The molecule has 0 saturated heterocycles. The zero-order valence-electron chi connectivity index (χ0n) is 12.3. The molecule has 2 atom stereocenters. The molecule has 0 bridgehead atoms. The van der Waals surface area contributed by atoms with Gasteiger partial charge in [-0.3, -0.25) is 0 Å². The van der Waals surface area contributed by atoms with Crippen molar-refractivity contribution >= 4 is 5.70 Å². The second-order valence-electron chi connectivity index (χ2n) is 4.77. The Balaban J connectivity index is 2.22. The molecular formula is C14H20N4O2. The van der Waals surface area contributed by atoms with Crippen LogP contribution >= 0.6 is 0 Å². The molecule has 0 saturated carbocycles. The first kappa shape index (κ1) is 14.4. The summed E-state index contributed by atoms with van der Waals surface area (Å²) in [5.41, 5.74) is 1.49. The van der Waals surface area contributed by atoms with Crippen molar-refractivity contribution in [3.8, 4) is 11.9 Å². The summed E-state index contributed by atoms with van der Waals surface area (Å²) < 4.78 is 10.2. The third-order valence-electron chi connectivity index (χ3n) is 3.55. The Hall–Kier alpha value is -1.98. The fraction of sp³-hybridized carbons (Fsp3) is 0.571. The van der Waals surface area contributed by atoms with Crippen molar-refractivity contribution in [1.82, 2.24) is 9.97 Å². The molecule has 2 heterocycles. The fourth-order valence-electron chi connectivity index (χ4n) is 2.02. The van der Waals surface area contributed by atoms with Gasteiger partial charge in [0.2, 0.25) is 5.88 Å². The van der Waals surface area contributed by atoms with Crippen LogP contribution in [0, 0.1) is 5.92 Å². The van der Waals surface area contributed by atoms with Gasteiger partial charge in [0.15, 0.2) is 0 Å². The predicted octanol–water partition coefficient (Wildman–Crippen LogP) is 3.11. The SMILES string of the molecule is CCC(C)C1CC=C(c2cnc(OC)nc2OC)N=N1. The largest absolute Gasteiger partial charge is 0.480 e. The van der Waals surface area contributed by atoms with E-state index in [1.54, 1.807) is 13.3 Å². The zero-order valence-corrected chi connectivity index (χ0v) is 12.3. The summed E-state index contributed by atoms with van der Waals surface area (Å²) in [5, 5.41) is 8.69. The van der Waals surface area contributed by atoms with Crippen molar-refractivity contribution < 1.29 is 9.47 Å². The summed E-state index contributed by atoms with van der Waals surface area (Å²) in [6.07, 6.45) is 5.70. The second kappa shape index (κ2) is 6.45. The summed E-state index contributed by atoms with van der Waals surface area (Å²) in [7, 11) is 3.08. The van der Waals surface area contributed by atoms with Crippen LogP contribution in [0.15, 0.2) is 22.5 Å². The Morgan fingerprint density at radius 3 is 2.70 bits per heavy atom. The number of aromatic nitrogens is 2. The van der Waals surface area contributed by atoms with E-state index in [1.165, 1.54) is 7.11 Å². The lowest BCUT2D eigenvalue weighted by Gasteiger charge is -2.19. The Labute approximate surface area is 118 Å². The fourth-order valence-corrected chi connectivity index (χ4v) is 2.02. The highest BCUT2D eigenvalue weighted by Gasteiger charge is 2.20. The molecule has 6 nitrogen and oxygen atoms in total. The van der Waals surface area contributed by atoms with E-state index < -0.39 is 0 Å². The zero-order chi connectivity index (χ0) is 14.5. The van der Waals surface area contributed by atoms with Crippen LogP contribution in [-0.4, -0.2) is 30.2 Å². The molecule has 0 aromatic carbocycles. The molecule has 0 radical (unpaired) electrons. The molecule has 2 rings (SSSR count). The van der Waals surface area contributed by atoms with Crippen molar-refractivity contribution in [1.29, 1.82) is 0 Å². The molecule has 1 aliphatic heterocycles. The van der Waals surface area contributed by atoms with E-state index in [9.17, 15) is 0 Å². The van der Waals surface area contributed by atoms with Gasteiger partial charge in [-0.15, -0.1) is 0 Å². The molecule has 0 N–H and O–H groups in total. The number of hydrogen-bond donors (Lipinski definition) is 0. The Morgan fingerprint density at radius 1 is 1.35 bits per heavy atom. The first-order valence-corrected chi connectivity index (χ1v) is 6.76. The van der Waals surface area contributed by atoms with Gasteiger partial charge in [-0.1, -0.05) is 26.3 Å². The van der Waals surface area contributed by atoms with Crippen LogP contribution in [0.2, 0.25) is 0 Å². The maximum Gasteiger partial charge on any atom is 0.319 e. The molecule has 0 fully saturated rings. The third-order valence-corrected chi connectivity index (χ3v) is 3.55. The Morgan fingerprint density at radius 2 is 2.15 bits per heavy atom. The molecule has 1 aromatic heterocycles. The van der Waals surface area contributed by atoms with Crippen molar-refractivity contribution in [2.45, 2.75) is 32.7 Å². The number of azo groups is 1. The molecule has 0 amide bonds. The van der Waals surface area contributed by atoms with Crippen molar-refractivity contribution in [3.63, 3.8) is 0 Å². The molecule has 1 aromatic rings. The minimum Gasteiger partial charge on any atom is -0.480 e. The average Bonchev–Trinajstić information content (AvgIpc) is 2.53. The van der Waals surface area contributed by atoms with Gasteiger partial charge in [0, 0.05) is 6.20 Å². The van der Waals surface area contributed by atoms with Crippen LogP contribution in [0.3, 0.4) is 0 Å². The highest BCUT2D eigenvalue weighted by Crippen LogP contribution is 2.31. The molecule has 2 unspecified atom stereocenters. The average molecular weight is 276 g/mol. The van der Waals surface area contributed by atoms with Crippen LogP contribution < -0.4 is 9.47 Å². The predicted molar refractivity (Wildman–Crippen MR) is 75.8 cm³/mol. The van der Waals surface area contributed by atoms with Crippen LogP contribution in [0.25, 0.3) is 5.70 Å². The van der Waals surface area contributed by atoms with Gasteiger partial charge in [0.25, 0.3) is 0 Å². The van der Waals surface area contributed by atoms with E-state index in [4.69, 9.17) is 9.47 Å². The molecule has 6 heteroatoms. The van der Waals surface area contributed by atoms with Gasteiger partial charge in [-0.2, -0.15) is 15.2 Å². The molecule has 0 spiro atoms. The Kier molecular flexibility index (Phi) is 4.65. The van der Waals surface area contributed by atoms with Crippen molar-refractivity contribution in [3.05, 3.63) is 17.8 Å². The van der Waals surface area contributed by atoms with Gasteiger partial charge >= 0.3 is 6.01 Å². The van der Waals surface area contributed by atoms with Gasteiger partial charge in [-0.25, -0.2) is 4.98 Å². The molecule has 0 aliphatic carbocycles. The van der Waals surface area contributed by atoms with Crippen LogP contribution in [0.4, 0.5) is 0 Å². The highest BCUT2D eigenvalue weighted by atomic mass is 16.5. The lowest BCUT2D eigenvalue weighted by molar-refractivity contribution is 0.351. The molecule has 108 valence electrons. The highest BCUT2D eigenvalue weighted by molar-refractivity contribution is 5.67. The quantitative estimate of drug-likeness (QED) is 0.828. The monoisotopic (exact) mass is 276 g/mol. The first-order valence-electron chi connectivity index (χ1n) is 6.76. The minimum absolute atomic E-state index is 0.258. The second-order valence-corrected chi connectivity index (χ2v) is 4.77. The third kappa shape index (κ3) is 2.95. The van der Waals surface area contributed by atoms with Gasteiger partial charge in [0.1, 0.15) is 0 Å². The maximum atomic E-state index is 5.26. The number of ether oxygens (including phenoxy) is 2. The summed E-state index contributed by atoms with van der Waals surface area (Å²) in [6, 6.07) is 0.533. The maximum absolute atomic E-state index is 5.26. The summed E-state index contributed by atoms with van der Waals surface area (Å²) >= 11 is 0. The molecular weight excluding hydrogens is 256 g/mol. The Bertz CT molecular complexity index is 528.